The maximum atomic E-state index is 12.4. The molecule has 11 nitrogen and oxygen atoms in total. The number of nitrogens with one attached hydrogen (secondary N) is 1. The third-order valence-electron chi connectivity index (χ3n) is 4.06. The molecule has 0 aromatic carbocycles. The maximum absolute atomic E-state index is 12.4. The molecule has 2 aliphatic rings. The largest absolute Gasteiger partial charge is 0.477 e. The lowest BCUT2D eigenvalue weighted by molar-refractivity contribution is -0.151. The number of thioether (sulfide) groups is 1. The summed E-state index contributed by atoms with van der Waals surface area (Å²) in [7, 11) is 0. The number of hydrogen-bond acceptors (Lipinski definition) is 8. The second kappa shape index (κ2) is 8.87. The van der Waals surface area contributed by atoms with Gasteiger partial charge in [0, 0.05) is 31.1 Å². The Labute approximate surface area is 163 Å². The molecule has 2 rings (SSSR count). The zero-order valence-electron chi connectivity index (χ0n) is 14.8. The van der Waals surface area contributed by atoms with E-state index in [1.807, 2.05) is 0 Å². The molecular formula is C16H18N2O9S. The van der Waals surface area contributed by atoms with Crippen LogP contribution in [-0.4, -0.2) is 74.4 Å². The standard InChI is InChI=1S/C16H18N2O9S/c1-7(19)27-5-8-6-28-14-11(13(22)18(14)12(8)16(25)26)17-10(21)4-2-3-9(20)15(23)24/h11,14H,2-6H2,1H3,(H,17,21)(H,23,24)(H,25,26)/t11-,14-/m1/s1. The van der Waals surface area contributed by atoms with Crippen molar-refractivity contribution in [2.45, 2.75) is 37.6 Å². The molecule has 2 amide bonds. The number of ether oxygens (including phenoxy) is 1. The Morgan fingerprint density at radius 1 is 1.21 bits per heavy atom. The highest BCUT2D eigenvalue weighted by Crippen LogP contribution is 2.40. The molecule has 12 heteroatoms. The molecule has 28 heavy (non-hydrogen) atoms. The van der Waals surface area contributed by atoms with Crippen molar-refractivity contribution in [1.29, 1.82) is 0 Å². The molecule has 2 heterocycles. The molecule has 3 N–H and O–H groups in total. The first-order valence-corrected chi connectivity index (χ1v) is 9.27. The van der Waals surface area contributed by atoms with Crippen molar-refractivity contribution in [3.63, 3.8) is 0 Å². The molecule has 0 spiro atoms. The van der Waals surface area contributed by atoms with Gasteiger partial charge in [-0.3, -0.25) is 24.1 Å². The van der Waals surface area contributed by atoms with Crippen molar-refractivity contribution < 1.29 is 43.7 Å². The van der Waals surface area contributed by atoms with E-state index in [9.17, 15) is 33.9 Å². The van der Waals surface area contributed by atoms with Crippen LogP contribution in [0.2, 0.25) is 0 Å². The Hall–Kier alpha value is -2.89. The number of carbonyl (C=O) groups is 6. The van der Waals surface area contributed by atoms with Crippen LogP contribution >= 0.6 is 11.8 Å². The number of Topliss-reactive ketones (excluding diaryl/α,β-unsaturated/α-hetero) is 1. The van der Waals surface area contributed by atoms with Crippen LogP contribution in [-0.2, 0) is 33.5 Å². The highest BCUT2D eigenvalue weighted by atomic mass is 32.2. The number of carbonyl (C=O) groups excluding carboxylic acids is 4. The number of nitrogens with zero attached hydrogens (tertiary/aromatic N) is 1. The SMILES string of the molecule is CC(=O)OCC1=C(C(=O)O)N2C(=O)[C@@H](NC(=O)CCCC(=O)C(=O)O)[C@H]2SC1. The molecule has 152 valence electrons. The molecule has 0 aromatic heterocycles. The van der Waals surface area contributed by atoms with E-state index >= 15 is 0 Å². The Kier molecular flexibility index (Phi) is 6.78. The van der Waals surface area contributed by atoms with E-state index in [-0.39, 0.29) is 42.9 Å². The number of rotatable bonds is 9. The van der Waals surface area contributed by atoms with Gasteiger partial charge in [-0.15, -0.1) is 11.8 Å². The van der Waals surface area contributed by atoms with Crippen molar-refractivity contribution in [1.82, 2.24) is 10.2 Å². The minimum Gasteiger partial charge on any atom is -0.477 e. The Morgan fingerprint density at radius 3 is 2.46 bits per heavy atom. The predicted molar refractivity (Wildman–Crippen MR) is 92.8 cm³/mol. The van der Waals surface area contributed by atoms with Crippen LogP contribution in [0.1, 0.15) is 26.2 Å². The van der Waals surface area contributed by atoms with E-state index in [4.69, 9.17) is 9.84 Å². The third kappa shape index (κ3) is 4.68. The highest BCUT2D eigenvalue weighted by Gasteiger charge is 2.54. The summed E-state index contributed by atoms with van der Waals surface area (Å²) < 4.78 is 4.83. The second-order valence-corrected chi connectivity index (χ2v) is 7.18. The van der Waals surface area contributed by atoms with E-state index in [1.54, 1.807) is 0 Å². The van der Waals surface area contributed by atoms with E-state index in [2.05, 4.69) is 5.32 Å². The number of carboxylic acids is 2. The summed E-state index contributed by atoms with van der Waals surface area (Å²) in [6, 6.07) is -0.919. The monoisotopic (exact) mass is 414 g/mol. The number of β-lactam (4-membered cyclic amide) rings is 1. The van der Waals surface area contributed by atoms with Gasteiger partial charge in [0.15, 0.2) is 0 Å². The Balaban J connectivity index is 1.96. The normalized spacial score (nSPS) is 20.8. The lowest BCUT2D eigenvalue weighted by Crippen LogP contribution is -2.70. The quantitative estimate of drug-likeness (QED) is 0.245. The highest BCUT2D eigenvalue weighted by molar-refractivity contribution is 8.00. The van der Waals surface area contributed by atoms with Crippen molar-refractivity contribution in [2.24, 2.45) is 0 Å². The van der Waals surface area contributed by atoms with Gasteiger partial charge < -0.3 is 20.3 Å². The van der Waals surface area contributed by atoms with Crippen LogP contribution in [0.15, 0.2) is 11.3 Å². The fourth-order valence-corrected chi connectivity index (χ4v) is 4.07. The van der Waals surface area contributed by atoms with Gasteiger partial charge >= 0.3 is 17.9 Å². The molecule has 0 aromatic rings. The van der Waals surface area contributed by atoms with Crippen LogP contribution in [0.25, 0.3) is 0 Å². The van der Waals surface area contributed by atoms with E-state index in [1.165, 1.54) is 18.7 Å². The van der Waals surface area contributed by atoms with Gasteiger partial charge in [0.2, 0.25) is 11.7 Å². The van der Waals surface area contributed by atoms with Crippen LogP contribution in [0.4, 0.5) is 0 Å². The summed E-state index contributed by atoms with van der Waals surface area (Å²) in [5.41, 5.74) is 0.0295. The topological polar surface area (TPSA) is 167 Å². The number of ketones is 1. The van der Waals surface area contributed by atoms with Crippen LogP contribution in [0.3, 0.4) is 0 Å². The van der Waals surface area contributed by atoms with E-state index < -0.39 is 46.9 Å². The van der Waals surface area contributed by atoms with Crippen LogP contribution in [0.5, 0.6) is 0 Å². The number of amides is 2. The van der Waals surface area contributed by atoms with Crippen molar-refractivity contribution in [3.8, 4) is 0 Å². The summed E-state index contributed by atoms with van der Waals surface area (Å²) in [4.78, 5) is 69.3. The Morgan fingerprint density at radius 2 is 1.89 bits per heavy atom. The molecule has 0 radical (unpaired) electrons. The first-order chi connectivity index (χ1) is 13.1. The predicted octanol–water partition coefficient (Wildman–Crippen LogP) is -0.888. The van der Waals surface area contributed by atoms with Gasteiger partial charge in [-0.25, -0.2) is 9.59 Å². The van der Waals surface area contributed by atoms with Gasteiger partial charge in [-0.05, 0) is 6.42 Å². The van der Waals surface area contributed by atoms with Gasteiger partial charge in [0.25, 0.3) is 5.91 Å². The zero-order chi connectivity index (χ0) is 21.0. The second-order valence-electron chi connectivity index (χ2n) is 6.07. The molecule has 0 bridgehead atoms. The summed E-state index contributed by atoms with van der Waals surface area (Å²) in [6.07, 6.45) is -0.414. The van der Waals surface area contributed by atoms with Crippen LogP contribution in [0, 0.1) is 0 Å². The number of hydrogen-bond donors (Lipinski definition) is 3. The average molecular weight is 414 g/mol. The first kappa shape index (κ1) is 21.4. The van der Waals surface area contributed by atoms with Gasteiger partial charge in [-0.1, -0.05) is 0 Å². The third-order valence-corrected chi connectivity index (χ3v) is 5.40. The Bertz CT molecular complexity index is 776. The van der Waals surface area contributed by atoms with E-state index in [0.29, 0.717) is 0 Å². The molecule has 1 fully saturated rings. The van der Waals surface area contributed by atoms with Crippen LogP contribution < -0.4 is 5.32 Å². The fourth-order valence-electron chi connectivity index (χ4n) is 2.75. The summed E-state index contributed by atoms with van der Waals surface area (Å²) >= 11 is 1.23. The molecule has 1 saturated heterocycles. The summed E-state index contributed by atoms with van der Waals surface area (Å²) in [6.45, 7) is 0.944. The van der Waals surface area contributed by atoms with Gasteiger partial charge in [-0.2, -0.15) is 0 Å². The first-order valence-electron chi connectivity index (χ1n) is 8.22. The summed E-state index contributed by atoms with van der Waals surface area (Å²) in [5.74, 6) is -5.42. The smallest absolute Gasteiger partial charge is 0.372 e. The molecule has 0 aliphatic carbocycles. The van der Waals surface area contributed by atoms with Crippen molar-refractivity contribution in [2.75, 3.05) is 12.4 Å². The minimum atomic E-state index is -1.57. The number of esters is 1. The van der Waals surface area contributed by atoms with Crippen molar-refractivity contribution >= 4 is 47.3 Å². The molecular weight excluding hydrogens is 396 g/mol. The van der Waals surface area contributed by atoms with Gasteiger partial charge in [0.1, 0.15) is 23.7 Å². The minimum absolute atomic E-state index is 0.0201. The average Bonchev–Trinajstić information content (AvgIpc) is 2.62. The lowest BCUT2D eigenvalue weighted by atomic mass is 10.0. The van der Waals surface area contributed by atoms with E-state index in [0.717, 1.165) is 4.90 Å². The molecule has 0 saturated carbocycles. The van der Waals surface area contributed by atoms with Crippen molar-refractivity contribution in [3.05, 3.63) is 11.3 Å². The molecule has 2 atom stereocenters. The maximum Gasteiger partial charge on any atom is 0.372 e. The molecule has 0 unspecified atom stereocenters. The number of aliphatic carboxylic acids is 2. The zero-order valence-corrected chi connectivity index (χ0v) is 15.6. The lowest BCUT2D eigenvalue weighted by Gasteiger charge is -2.49. The summed E-state index contributed by atoms with van der Waals surface area (Å²) in [5, 5.41) is 19.8. The number of carboxylic acid groups (broad SMARTS) is 2. The van der Waals surface area contributed by atoms with Gasteiger partial charge in [0.05, 0.1) is 0 Å². The molecule has 2 aliphatic heterocycles. The number of fused-ring (bicyclic) bond motifs is 1. The fraction of sp³-hybridized carbons (Fsp3) is 0.500.